The number of ketones is 1. The van der Waals surface area contributed by atoms with Crippen molar-refractivity contribution >= 4 is 11.8 Å². The Balaban J connectivity index is 2.07. The van der Waals surface area contributed by atoms with E-state index in [4.69, 9.17) is 9.84 Å². The van der Waals surface area contributed by atoms with Crippen LogP contribution in [-0.2, 0) is 11.2 Å². The number of aliphatic carboxylic acids is 1. The topological polar surface area (TPSA) is 63.6 Å². The smallest absolute Gasteiger partial charge is 0.348 e. The first kappa shape index (κ1) is 10.3. The number of hydrogen-bond donors (Lipinski definition) is 1. The molecule has 1 fully saturated rings. The summed E-state index contributed by atoms with van der Waals surface area (Å²) >= 11 is 0. The second kappa shape index (κ2) is 3.09. The van der Waals surface area contributed by atoms with Crippen LogP contribution in [0.1, 0.15) is 29.3 Å². The third kappa shape index (κ3) is 1.24. The number of rotatable bonds is 2. The van der Waals surface area contributed by atoms with Crippen LogP contribution in [0.5, 0.6) is 5.75 Å². The maximum Gasteiger partial charge on any atom is 0.348 e. The van der Waals surface area contributed by atoms with Crippen LogP contribution < -0.4 is 4.74 Å². The summed E-state index contributed by atoms with van der Waals surface area (Å²) < 4.78 is 5.50. The molecule has 17 heavy (non-hydrogen) atoms. The molecule has 88 valence electrons. The van der Waals surface area contributed by atoms with Crippen LogP contribution in [0, 0.1) is 5.92 Å². The molecule has 1 heterocycles. The zero-order valence-corrected chi connectivity index (χ0v) is 9.40. The summed E-state index contributed by atoms with van der Waals surface area (Å²) in [5, 5.41) is 9.11. The first-order valence-corrected chi connectivity index (χ1v) is 5.68. The molecule has 1 aliphatic heterocycles. The Morgan fingerprint density at radius 1 is 1.59 bits per heavy atom. The molecule has 0 bridgehead atoms. The molecular formula is C13H12O4. The molecule has 1 aromatic carbocycles. The number of carbonyl (C=O) groups excluding carboxylic acids is 1. The highest BCUT2D eigenvalue weighted by Gasteiger charge is 2.69. The van der Waals surface area contributed by atoms with E-state index in [1.807, 2.05) is 19.1 Å². The number of carbonyl (C=O) groups is 2. The van der Waals surface area contributed by atoms with Gasteiger partial charge in [0.25, 0.3) is 0 Å². The average Bonchev–Trinajstić information content (AvgIpc) is 3.05. The molecule has 1 aromatic rings. The summed E-state index contributed by atoms with van der Waals surface area (Å²) in [5.41, 5.74) is 0.311. The minimum Gasteiger partial charge on any atom is -0.478 e. The Morgan fingerprint density at radius 3 is 3.00 bits per heavy atom. The predicted octanol–water partition coefficient (Wildman–Crippen LogP) is 1.67. The summed E-state index contributed by atoms with van der Waals surface area (Å²) in [4.78, 5) is 23.2. The van der Waals surface area contributed by atoms with Gasteiger partial charge in [-0.15, -0.1) is 0 Å². The van der Waals surface area contributed by atoms with Crippen molar-refractivity contribution in [3.8, 4) is 5.75 Å². The number of carboxylic acid groups (broad SMARTS) is 1. The van der Waals surface area contributed by atoms with Gasteiger partial charge < -0.3 is 9.84 Å². The van der Waals surface area contributed by atoms with Crippen molar-refractivity contribution in [1.29, 1.82) is 0 Å². The van der Waals surface area contributed by atoms with Crippen LogP contribution in [0.25, 0.3) is 0 Å². The fraction of sp³-hybridized carbons (Fsp3) is 0.385. The van der Waals surface area contributed by atoms with E-state index in [9.17, 15) is 9.59 Å². The van der Waals surface area contributed by atoms with E-state index in [-0.39, 0.29) is 12.2 Å². The molecule has 0 amide bonds. The molecule has 4 heteroatoms. The van der Waals surface area contributed by atoms with Crippen molar-refractivity contribution in [1.82, 2.24) is 0 Å². The van der Waals surface area contributed by atoms with Crippen LogP contribution in [0.4, 0.5) is 0 Å². The molecule has 3 rings (SSSR count). The van der Waals surface area contributed by atoms with Crippen LogP contribution in [-0.4, -0.2) is 22.5 Å². The van der Waals surface area contributed by atoms with E-state index >= 15 is 0 Å². The van der Waals surface area contributed by atoms with Crippen molar-refractivity contribution in [2.75, 3.05) is 0 Å². The second-order valence-corrected chi connectivity index (χ2v) is 4.60. The quantitative estimate of drug-likeness (QED) is 0.842. The van der Waals surface area contributed by atoms with E-state index in [1.54, 1.807) is 6.07 Å². The molecule has 2 aliphatic rings. The Labute approximate surface area is 98.2 Å². The zero-order chi connectivity index (χ0) is 12.2. The zero-order valence-electron chi connectivity index (χ0n) is 9.40. The van der Waals surface area contributed by atoms with Crippen molar-refractivity contribution in [3.05, 3.63) is 29.3 Å². The van der Waals surface area contributed by atoms with E-state index in [2.05, 4.69) is 0 Å². The minimum atomic E-state index is -1.28. The van der Waals surface area contributed by atoms with Gasteiger partial charge in [0.15, 0.2) is 5.78 Å². The predicted molar refractivity (Wildman–Crippen MR) is 59.3 cm³/mol. The van der Waals surface area contributed by atoms with Crippen LogP contribution in [0.15, 0.2) is 18.2 Å². The number of hydrogen-bond acceptors (Lipinski definition) is 3. The molecule has 2 atom stereocenters. The van der Waals surface area contributed by atoms with Gasteiger partial charge in [-0.1, -0.05) is 13.0 Å². The summed E-state index contributed by atoms with van der Waals surface area (Å²) in [6, 6.07) is 5.37. The van der Waals surface area contributed by atoms with E-state index in [0.717, 1.165) is 12.0 Å². The van der Waals surface area contributed by atoms with Crippen molar-refractivity contribution in [3.63, 3.8) is 0 Å². The van der Waals surface area contributed by atoms with Crippen LogP contribution in [0.3, 0.4) is 0 Å². The number of fused-ring (bicyclic) bond motifs is 2. The van der Waals surface area contributed by atoms with Gasteiger partial charge in [0.2, 0.25) is 5.60 Å². The lowest BCUT2D eigenvalue weighted by Gasteiger charge is -2.22. The van der Waals surface area contributed by atoms with Gasteiger partial charge in [-0.3, -0.25) is 4.79 Å². The molecule has 4 nitrogen and oxygen atoms in total. The molecule has 0 saturated heterocycles. The SMILES string of the molecule is CCc1ccc2c(c1)C(=O)[C@H]1C[C@@]1(C(=O)O)O2. The third-order valence-electron chi connectivity index (χ3n) is 3.60. The Hall–Kier alpha value is -1.84. The first-order chi connectivity index (χ1) is 8.08. The molecule has 1 N–H and O–H groups in total. The van der Waals surface area contributed by atoms with Crippen molar-refractivity contribution < 1.29 is 19.4 Å². The lowest BCUT2D eigenvalue weighted by molar-refractivity contribution is -0.148. The highest BCUT2D eigenvalue weighted by Crippen LogP contribution is 2.53. The van der Waals surface area contributed by atoms with Crippen molar-refractivity contribution in [2.45, 2.75) is 25.4 Å². The Morgan fingerprint density at radius 2 is 2.35 bits per heavy atom. The molecule has 1 aliphatic carbocycles. The standard InChI is InChI=1S/C13H12O4/c1-2-7-3-4-10-8(5-7)11(14)9-6-13(9,17-10)12(15)16/h3-5,9H,2,6H2,1H3,(H,15,16)/t9-,13-/m1/s1. The van der Waals surface area contributed by atoms with E-state index in [1.165, 1.54) is 0 Å². The molecule has 0 unspecified atom stereocenters. The van der Waals surface area contributed by atoms with Gasteiger partial charge in [-0.25, -0.2) is 4.79 Å². The third-order valence-corrected chi connectivity index (χ3v) is 3.60. The highest BCUT2D eigenvalue weighted by molar-refractivity contribution is 6.09. The highest BCUT2D eigenvalue weighted by atomic mass is 16.5. The van der Waals surface area contributed by atoms with Gasteiger partial charge in [-0.05, 0) is 24.1 Å². The molecular weight excluding hydrogens is 220 g/mol. The lowest BCUT2D eigenvalue weighted by atomic mass is 9.98. The minimum absolute atomic E-state index is 0.0936. The maximum absolute atomic E-state index is 12.1. The summed E-state index contributed by atoms with van der Waals surface area (Å²) in [5.74, 6) is -1.23. The molecule has 0 aromatic heterocycles. The van der Waals surface area contributed by atoms with Crippen molar-refractivity contribution in [2.24, 2.45) is 5.92 Å². The summed E-state index contributed by atoms with van der Waals surface area (Å²) in [6.45, 7) is 2.01. The van der Waals surface area contributed by atoms with Gasteiger partial charge >= 0.3 is 5.97 Å². The van der Waals surface area contributed by atoms with Crippen LogP contribution >= 0.6 is 0 Å². The average molecular weight is 232 g/mol. The summed E-state index contributed by atoms with van der Waals surface area (Å²) in [7, 11) is 0. The number of carboxylic acids is 1. The van der Waals surface area contributed by atoms with Gasteiger partial charge in [-0.2, -0.15) is 0 Å². The van der Waals surface area contributed by atoms with E-state index in [0.29, 0.717) is 11.3 Å². The number of ether oxygens (including phenoxy) is 1. The maximum atomic E-state index is 12.1. The number of Topliss-reactive ketones (excluding diaryl/α,β-unsaturated/α-hetero) is 1. The Kier molecular flexibility index (Phi) is 1.88. The molecule has 0 spiro atoms. The van der Waals surface area contributed by atoms with Gasteiger partial charge in [0.05, 0.1) is 11.5 Å². The number of benzene rings is 1. The fourth-order valence-corrected chi connectivity index (χ4v) is 2.40. The molecule has 1 saturated carbocycles. The Bertz CT molecular complexity index is 534. The lowest BCUT2D eigenvalue weighted by Crippen LogP contribution is -2.37. The van der Waals surface area contributed by atoms with Gasteiger partial charge in [0, 0.05) is 6.42 Å². The monoisotopic (exact) mass is 232 g/mol. The number of aryl methyl sites for hydroxylation is 1. The largest absolute Gasteiger partial charge is 0.478 e. The van der Waals surface area contributed by atoms with Gasteiger partial charge in [0.1, 0.15) is 5.75 Å². The van der Waals surface area contributed by atoms with Crippen LogP contribution in [0.2, 0.25) is 0 Å². The summed E-state index contributed by atoms with van der Waals surface area (Å²) in [6.07, 6.45) is 1.13. The first-order valence-electron chi connectivity index (χ1n) is 5.68. The molecule has 0 radical (unpaired) electrons. The fourth-order valence-electron chi connectivity index (χ4n) is 2.40. The normalized spacial score (nSPS) is 29.0. The second-order valence-electron chi connectivity index (χ2n) is 4.60. The van der Waals surface area contributed by atoms with E-state index < -0.39 is 17.5 Å².